The van der Waals surface area contributed by atoms with Crippen LogP contribution in [-0.4, -0.2) is 25.6 Å². The van der Waals surface area contributed by atoms with Crippen LogP contribution in [0.25, 0.3) is 11.1 Å². The Morgan fingerprint density at radius 2 is 1.84 bits per heavy atom. The Bertz CT molecular complexity index is 580. The number of hydrogen-bond donors (Lipinski definition) is 2. The van der Waals surface area contributed by atoms with Crippen LogP contribution in [0, 0.1) is 11.6 Å². The summed E-state index contributed by atoms with van der Waals surface area (Å²) in [4.78, 5) is 0. The summed E-state index contributed by atoms with van der Waals surface area (Å²) in [6, 6.07) is 1.68. The minimum Gasteiger partial charge on any atom is -0.508 e. The van der Waals surface area contributed by atoms with E-state index in [1.165, 1.54) is 17.1 Å². The summed E-state index contributed by atoms with van der Waals surface area (Å²) >= 11 is 0. The average Bonchev–Trinajstić information content (AvgIpc) is 2.61. The lowest BCUT2D eigenvalue weighted by Crippen LogP contribution is -2.26. The highest BCUT2D eigenvalue weighted by Gasteiger charge is 2.18. The lowest BCUT2D eigenvalue weighted by atomic mass is 10.1. The van der Waals surface area contributed by atoms with E-state index in [9.17, 15) is 13.9 Å². The molecule has 0 unspecified atom stereocenters. The molecule has 2 rings (SSSR count). The topological polar surface area (TPSA) is 58.3 Å². The van der Waals surface area contributed by atoms with E-state index in [1.807, 2.05) is 0 Å². The maximum atomic E-state index is 13.7. The highest BCUT2D eigenvalue weighted by atomic mass is 19.1. The minimum absolute atomic E-state index is 0.203. The summed E-state index contributed by atoms with van der Waals surface area (Å²) in [7, 11) is 0. The molecule has 1 heterocycles. The predicted octanol–water partition coefficient (Wildman–Crippen LogP) is 2.30. The van der Waals surface area contributed by atoms with Crippen molar-refractivity contribution in [2.24, 2.45) is 0 Å². The molecule has 2 aromatic rings. The van der Waals surface area contributed by atoms with Gasteiger partial charge < -0.3 is 10.2 Å². The average molecular weight is 268 g/mol. The molecular formula is C13H14F2N2O2. The van der Waals surface area contributed by atoms with Gasteiger partial charge in [-0.3, -0.25) is 4.68 Å². The van der Waals surface area contributed by atoms with E-state index in [4.69, 9.17) is 5.11 Å². The molecule has 102 valence electrons. The normalized spacial score (nSPS) is 11.8. The standard InChI is InChI=1S/C13H14F2N2O2/c1-13(2,19)7-17-6-8(5-16-17)12-10(14)3-9(18)4-11(12)15/h3-6,18-19H,7H2,1-2H3. The molecular weight excluding hydrogens is 254 g/mol. The molecule has 0 aliphatic heterocycles. The number of hydrogen-bond acceptors (Lipinski definition) is 3. The van der Waals surface area contributed by atoms with Crippen molar-refractivity contribution in [1.29, 1.82) is 0 Å². The summed E-state index contributed by atoms with van der Waals surface area (Å²) in [5, 5.41) is 22.7. The summed E-state index contributed by atoms with van der Waals surface area (Å²) in [5.41, 5.74) is -0.978. The van der Waals surface area contributed by atoms with Crippen LogP contribution in [-0.2, 0) is 6.54 Å². The van der Waals surface area contributed by atoms with Gasteiger partial charge in [0, 0.05) is 23.9 Å². The van der Waals surface area contributed by atoms with Crippen molar-refractivity contribution < 1.29 is 19.0 Å². The van der Waals surface area contributed by atoms with Crippen LogP contribution in [0.3, 0.4) is 0 Å². The van der Waals surface area contributed by atoms with Crippen molar-refractivity contribution in [2.45, 2.75) is 26.0 Å². The van der Waals surface area contributed by atoms with E-state index in [0.717, 1.165) is 12.1 Å². The first-order chi connectivity index (χ1) is 8.76. The lowest BCUT2D eigenvalue weighted by Gasteiger charge is -2.16. The third-order valence-corrected chi connectivity index (χ3v) is 2.50. The van der Waals surface area contributed by atoms with Crippen LogP contribution >= 0.6 is 0 Å². The molecule has 0 fully saturated rings. The Hall–Kier alpha value is -1.95. The summed E-state index contributed by atoms with van der Waals surface area (Å²) in [6.07, 6.45) is 2.75. The molecule has 1 aromatic carbocycles. The molecule has 1 aromatic heterocycles. The largest absolute Gasteiger partial charge is 0.508 e. The first kappa shape index (κ1) is 13.5. The van der Waals surface area contributed by atoms with Gasteiger partial charge in [0.25, 0.3) is 0 Å². The number of phenolic OH excluding ortho intramolecular Hbond substituents is 1. The van der Waals surface area contributed by atoms with Crippen molar-refractivity contribution in [3.63, 3.8) is 0 Å². The quantitative estimate of drug-likeness (QED) is 0.898. The highest BCUT2D eigenvalue weighted by Crippen LogP contribution is 2.29. The van der Waals surface area contributed by atoms with Crippen LogP contribution < -0.4 is 0 Å². The Balaban J connectivity index is 2.39. The molecule has 0 saturated carbocycles. The molecule has 0 aliphatic carbocycles. The molecule has 0 radical (unpaired) electrons. The van der Waals surface area contributed by atoms with Crippen LogP contribution in [0.2, 0.25) is 0 Å². The van der Waals surface area contributed by atoms with Crippen LogP contribution in [0.15, 0.2) is 24.5 Å². The van der Waals surface area contributed by atoms with E-state index < -0.39 is 23.0 Å². The Morgan fingerprint density at radius 3 is 2.37 bits per heavy atom. The monoisotopic (exact) mass is 268 g/mol. The zero-order chi connectivity index (χ0) is 14.2. The second-order valence-corrected chi connectivity index (χ2v) is 5.02. The molecule has 4 nitrogen and oxygen atoms in total. The third-order valence-electron chi connectivity index (χ3n) is 2.50. The Kier molecular flexibility index (Phi) is 3.28. The number of nitrogens with zero attached hydrogens (tertiary/aromatic N) is 2. The number of halogens is 2. The Labute approximate surface area is 108 Å². The maximum Gasteiger partial charge on any atom is 0.137 e. The van der Waals surface area contributed by atoms with Gasteiger partial charge in [-0.25, -0.2) is 8.78 Å². The molecule has 19 heavy (non-hydrogen) atoms. The predicted molar refractivity (Wildman–Crippen MR) is 65.5 cm³/mol. The SMILES string of the molecule is CC(C)(O)Cn1cc(-c2c(F)cc(O)cc2F)cn1. The van der Waals surface area contributed by atoms with Gasteiger partial charge in [0.2, 0.25) is 0 Å². The lowest BCUT2D eigenvalue weighted by molar-refractivity contribution is 0.0577. The Morgan fingerprint density at radius 1 is 1.26 bits per heavy atom. The molecule has 0 spiro atoms. The van der Waals surface area contributed by atoms with Gasteiger partial charge in [0.05, 0.1) is 23.9 Å². The molecule has 6 heteroatoms. The highest BCUT2D eigenvalue weighted by molar-refractivity contribution is 5.64. The molecule has 0 amide bonds. The molecule has 0 atom stereocenters. The van der Waals surface area contributed by atoms with E-state index in [2.05, 4.69) is 5.10 Å². The van der Waals surface area contributed by atoms with Crippen LogP contribution in [0.4, 0.5) is 8.78 Å². The fourth-order valence-corrected chi connectivity index (χ4v) is 1.81. The maximum absolute atomic E-state index is 13.7. The van der Waals surface area contributed by atoms with Crippen molar-refractivity contribution in [3.05, 3.63) is 36.2 Å². The second-order valence-electron chi connectivity index (χ2n) is 5.02. The molecule has 0 aliphatic rings. The summed E-state index contributed by atoms with van der Waals surface area (Å²) < 4.78 is 28.7. The first-order valence-corrected chi connectivity index (χ1v) is 5.69. The van der Waals surface area contributed by atoms with Gasteiger partial charge in [-0.2, -0.15) is 5.10 Å². The van der Waals surface area contributed by atoms with Gasteiger partial charge in [0.1, 0.15) is 17.4 Å². The summed E-state index contributed by atoms with van der Waals surface area (Å²) in [6.45, 7) is 3.42. The van der Waals surface area contributed by atoms with E-state index in [1.54, 1.807) is 13.8 Å². The first-order valence-electron chi connectivity index (χ1n) is 5.69. The van der Waals surface area contributed by atoms with Gasteiger partial charge in [-0.05, 0) is 13.8 Å². The number of aromatic nitrogens is 2. The zero-order valence-corrected chi connectivity index (χ0v) is 10.6. The number of aromatic hydroxyl groups is 1. The summed E-state index contributed by atoms with van der Waals surface area (Å²) in [5.74, 6) is -2.19. The van der Waals surface area contributed by atoms with Crippen molar-refractivity contribution in [2.75, 3.05) is 0 Å². The van der Waals surface area contributed by atoms with Crippen LogP contribution in [0.1, 0.15) is 13.8 Å². The van der Waals surface area contributed by atoms with E-state index in [0.29, 0.717) is 0 Å². The van der Waals surface area contributed by atoms with Crippen molar-refractivity contribution in [3.8, 4) is 16.9 Å². The van der Waals surface area contributed by atoms with E-state index in [-0.39, 0.29) is 17.7 Å². The number of rotatable bonds is 3. The number of aliphatic hydroxyl groups is 1. The number of phenols is 1. The van der Waals surface area contributed by atoms with Gasteiger partial charge in [-0.1, -0.05) is 0 Å². The third kappa shape index (κ3) is 3.08. The fourth-order valence-electron chi connectivity index (χ4n) is 1.81. The van der Waals surface area contributed by atoms with Crippen LogP contribution in [0.5, 0.6) is 5.75 Å². The van der Waals surface area contributed by atoms with E-state index >= 15 is 0 Å². The second kappa shape index (κ2) is 4.62. The van der Waals surface area contributed by atoms with Crippen molar-refractivity contribution in [1.82, 2.24) is 9.78 Å². The van der Waals surface area contributed by atoms with Gasteiger partial charge in [-0.15, -0.1) is 0 Å². The van der Waals surface area contributed by atoms with Gasteiger partial charge in [0.15, 0.2) is 0 Å². The molecule has 0 bridgehead atoms. The zero-order valence-electron chi connectivity index (χ0n) is 10.6. The number of benzene rings is 1. The van der Waals surface area contributed by atoms with Crippen molar-refractivity contribution >= 4 is 0 Å². The fraction of sp³-hybridized carbons (Fsp3) is 0.308. The minimum atomic E-state index is -0.977. The van der Waals surface area contributed by atoms with Gasteiger partial charge >= 0.3 is 0 Å². The molecule has 0 saturated heterocycles. The smallest absolute Gasteiger partial charge is 0.137 e. The molecule has 2 N–H and O–H groups in total.